The van der Waals surface area contributed by atoms with Crippen LogP contribution in [0, 0.1) is 19.7 Å². The molecule has 1 heterocycles. The zero-order valence-electron chi connectivity index (χ0n) is 10.2. The molecule has 2 aromatic rings. The van der Waals surface area contributed by atoms with Gasteiger partial charge >= 0.3 is 0 Å². The van der Waals surface area contributed by atoms with Crippen molar-refractivity contribution >= 4 is 17.5 Å². The van der Waals surface area contributed by atoms with E-state index < -0.39 is 0 Å². The Kier molecular flexibility index (Phi) is 3.77. The molecule has 0 atom stereocenters. The minimum atomic E-state index is -0.246. The molecule has 1 N–H and O–H groups in total. The second-order valence-corrected chi connectivity index (χ2v) is 4.39. The number of aryl methyl sites for hydroxylation is 1. The maximum absolute atomic E-state index is 12.7. The Morgan fingerprint density at radius 3 is 2.44 bits per heavy atom. The van der Waals surface area contributed by atoms with Gasteiger partial charge in [0.1, 0.15) is 11.0 Å². The van der Waals surface area contributed by atoms with Crippen molar-refractivity contribution in [2.75, 3.05) is 5.32 Å². The lowest BCUT2D eigenvalue weighted by Gasteiger charge is -2.08. The monoisotopic (exact) mass is 265 g/mol. The Bertz CT molecular complexity index is 532. The molecule has 5 heteroatoms. The largest absolute Gasteiger partial charge is 0.350 e. The lowest BCUT2D eigenvalue weighted by molar-refractivity contribution is 0.627. The van der Waals surface area contributed by atoms with Gasteiger partial charge in [-0.15, -0.1) is 0 Å². The van der Waals surface area contributed by atoms with Crippen LogP contribution in [-0.4, -0.2) is 9.97 Å². The van der Waals surface area contributed by atoms with Crippen LogP contribution in [0.1, 0.15) is 16.8 Å². The van der Waals surface area contributed by atoms with E-state index in [2.05, 4.69) is 15.3 Å². The van der Waals surface area contributed by atoms with Gasteiger partial charge in [0.2, 0.25) is 5.95 Å². The Labute approximate surface area is 110 Å². The number of benzene rings is 1. The number of hydrogen-bond donors (Lipinski definition) is 1. The summed E-state index contributed by atoms with van der Waals surface area (Å²) < 4.78 is 12.7. The number of rotatable bonds is 3. The summed E-state index contributed by atoms with van der Waals surface area (Å²) in [4.78, 5) is 8.42. The fraction of sp³-hybridized carbons (Fsp3) is 0.231. The van der Waals surface area contributed by atoms with Crippen molar-refractivity contribution in [1.29, 1.82) is 0 Å². The van der Waals surface area contributed by atoms with Gasteiger partial charge in [0.05, 0.1) is 0 Å². The fourth-order valence-electron chi connectivity index (χ4n) is 1.46. The third-order valence-electron chi connectivity index (χ3n) is 2.69. The Balaban J connectivity index is 2.08. The molecule has 1 aromatic heterocycles. The molecule has 1 aromatic carbocycles. The molecule has 0 aliphatic heterocycles. The van der Waals surface area contributed by atoms with Crippen LogP contribution in [0.3, 0.4) is 0 Å². The minimum absolute atomic E-state index is 0.246. The SMILES string of the molecule is Cc1nc(NCc2ccc(F)cc2)nc(Cl)c1C. The summed E-state index contributed by atoms with van der Waals surface area (Å²) in [5, 5.41) is 3.51. The summed E-state index contributed by atoms with van der Waals surface area (Å²) in [5.41, 5.74) is 2.68. The Morgan fingerprint density at radius 2 is 1.83 bits per heavy atom. The van der Waals surface area contributed by atoms with Crippen molar-refractivity contribution in [3.8, 4) is 0 Å². The smallest absolute Gasteiger partial charge is 0.224 e. The second kappa shape index (κ2) is 5.31. The number of aromatic nitrogens is 2. The highest BCUT2D eigenvalue weighted by atomic mass is 35.5. The first kappa shape index (κ1) is 12.8. The number of nitrogens with zero attached hydrogens (tertiary/aromatic N) is 2. The molecule has 0 radical (unpaired) electrons. The summed E-state index contributed by atoms with van der Waals surface area (Å²) >= 11 is 5.98. The molecule has 94 valence electrons. The maximum Gasteiger partial charge on any atom is 0.224 e. The van der Waals surface area contributed by atoms with Crippen molar-refractivity contribution < 1.29 is 4.39 Å². The molecule has 0 aliphatic rings. The van der Waals surface area contributed by atoms with Crippen LogP contribution >= 0.6 is 11.6 Å². The van der Waals surface area contributed by atoms with E-state index in [1.807, 2.05) is 13.8 Å². The summed E-state index contributed by atoms with van der Waals surface area (Å²) in [6.45, 7) is 4.28. The van der Waals surface area contributed by atoms with E-state index in [-0.39, 0.29) is 5.82 Å². The third kappa shape index (κ3) is 2.96. The first-order valence-corrected chi connectivity index (χ1v) is 5.93. The van der Waals surface area contributed by atoms with Gasteiger partial charge in [-0.3, -0.25) is 0 Å². The van der Waals surface area contributed by atoms with Gasteiger partial charge in [0, 0.05) is 17.8 Å². The molecule has 0 unspecified atom stereocenters. The van der Waals surface area contributed by atoms with Gasteiger partial charge in [-0.25, -0.2) is 14.4 Å². The maximum atomic E-state index is 12.7. The van der Waals surface area contributed by atoms with E-state index in [0.717, 1.165) is 16.8 Å². The average Bonchev–Trinajstić information content (AvgIpc) is 2.35. The molecule has 0 aliphatic carbocycles. The van der Waals surface area contributed by atoms with Crippen LogP contribution in [-0.2, 0) is 6.54 Å². The standard InChI is InChI=1S/C13H13ClFN3/c1-8-9(2)17-13(18-12(8)14)16-7-10-3-5-11(15)6-4-10/h3-6H,7H2,1-2H3,(H,16,17,18). The van der Waals surface area contributed by atoms with Crippen molar-refractivity contribution in [3.05, 3.63) is 52.1 Å². The summed E-state index contributed by atoms with van der Waals surface area (Å²) in [5.74, 6) is 0.233. The quantitative estimate of drug-likeness (QED) is 0.863. The minimum Gasteiger partial charge on any atom is -0.350 e. The van der Waals surface area contributed by atoms with Crippen LogP contribution in [0.4, 0.5) is 10.3 Å². The molecule has 2 rings (SSSR count). The Morgan fingerprint density at radius 1 is 1.17 bits per heavy atom. The number of nitrogens with one attached hydrogen (secondary N) is 1. The van der Waals surface area contributed by atoms with Crippen molar-refractivity contribution in [2.24, 2.45) is 0 Å². The van der Waals surface area contributed by atoms with Gasteiger partial charge in [-0.2, -0.15) is 0 Å². The van der Waals surface area contributed by atoms with Crippen molar-refractivity contribution in [1.82, 2.24) is 9.97 Å². The normalized spacial score (nSPS) is 10.4. The molecule has 0 amide bonds. The summed E-state index contributed by atoms with van der Waals surface area (Å²) in [6, 6.07) is 6.27. The predicted molar refractivity (Wildman–Crippen MR) is 70.2 cm³/mol. The molecule has 0 bridgehead atoms. The fourth-order valence-corrected chi connectivity index (χ4v) is 1.67. The number of hydrogen-bond acceptors (Lipinski definition) is 3. The molecule has 18 heavy (non-hydrogen) atoms. The van der Waals surface area contributed by atoms with Crippen LogP contribution < -0.4 is 5.32 Å². The molecule has 3 nitrogen and oxygen atoms in total. The van der Waals surface area contributed by atoms with Gasteiger partial charge < -0.3 is 5.32 Å². The third-order valence-corrected chi connectivity index (χ3v) is 3.06. The van der Waals surface area contributed by atoms with Gasteiger partial charge in [0.15, 0.2) is 0 Å². The van der Waals surface area contributed by atoms with E-state index in [9.17, 15) is 4.39 Å². The molecule has 0 fully saturated rings. The van der Waals surface area contributed by atoms with Crippen LogP contribution in [0.2, 0.25) is 5.15 Å². The van der Waals surface area contributed by atoms with Crippen LogP contribution in [0.5, 0.6) is 0 Å². The first-order chi connectivity index (χ1) is 8.56. The predicted octanol–water partition coefficient (Wildman–Crippen LogP) is 3.50. The summed E-state index contributed by atoms with van der Waals surface area (Å²) in [6.07, 6.45) is 0. The van der Waals surface area contributed by atoms with Gasteiger partial charge in [-0.1, -0.05) is 23.7 Å². The zero-order chi connectivity index (χ0) is 13.1. The number of halogens is 2. The molecular formula is C13H13ClFN3. The van der Waals surface area contributed by atoms with E-state index in [1.54, 1.807) is 12.1 Å². The van der Waals surface area contributed by atoms with Crippen molar-refractivity contribution in [2.45, 2.75) is 20.4 Å². The van der Waals surface area contributed by atoms with E-state index in [1.165, 1.54) is 12.1 Å². The molecule has 0 spiro atoms. The van der Waals surface area contributed by atoms with Crippen molar-refractivity contribution in [3.63, 3.8) is 0 Å². The Hall–Kier alpha value is -1.68. The van der Waals surface area contributed by atoms with E-state index in [4.69, 9.17) is 11.6 Å². The first-order valence-electron chi connectivity index (χ1n) is 5.55. The molecular weight excluding hydrogens is 253 g/mol. The van der Waals surface area contributed by atoms with E-state index >= 15 is 0 Å². The highest BCUT2D eigenvalue weighted by Crippen LogP contribution is 2.17. The summed E-state index contributed by atoms with van der Waals surface area (Å²) in [7, 11) is 0. The lowest BCUT2D eigenvalue weighted by Crippen LogP contribution is -2.05. The molecule has 0 saturated carbocycles. The lowest BCUT2D eigenvalue weighted by atomic mass is 10.2. The second-order valence-electron chi connectivity index (χ2n) is 4.03. The zero-order valence-corrected chi connectivity index (χ0v) is 10.9. The van der Waals surface area contributed by atoms with Crippen LogP contribution in [0.25, 0.3) is 0 Å². The average molecular weight is 266 g/mol. The topological polar surface area (TPSA) is 37.8 Å². The van der Waals surface area contributed by atoms with Gasteiger partial charge in [0.25, 0.3) is 0 Å². The number of anilines is 1. The molecule has 0 saturated heterocycles. The van der Waals surface area contributed by atoms with E-state index in [0.29, 0.717) is 17.6 Å². The van der Waals surface area contributed by atoms with Gasteiger partial charge in [-0.05, 0) is 31.5 Å². The highest BCUT2D eigenvalue weighted by molar-refractivity contribution is 6.30. The highest BCUT2D eigenvalue weighted by Gasteiger charge is 2.05. The van der Waals surface area contributed by atoms with Crippen LogP contribution in [0.15, 0.2) is 24.3 Å².